The van der Waals surface area contributed by atoms with Crippen LogP contribution in [0.2, 0.25) is 0 Å². The fourth-order valence-electron chi connectivity index (χ4n) is 3.30. The summed E-state index contributed by atoms with van der Waals surface area (Å²) in [6.07, 6.45) is 1.85. The molecule has 1 fully saturated rings. The van der Waals surface area contributed by atoms with Gasteiger partial charge in [-0.1, -0.05) is 36.8 Å². The first kappa shape index (κ1) is 21.0. The summed E-state index contributed by atoms with van der Waals surface area (Å²) in [5.41, 5.74) is 7.21. The summed E-state index contributed by atoms with van der Waals surface area (Å²) in [7, 11) is -3.79. The van der Waals surface area contributed by atoms with Crippen LogP contribution in [0.25, 0.3) is 0 Å². The molecule has 1 heterocycles. The normalized spacial score (nSPS) is 17.1. The van der Waals surface area contributed by atoms with Crippen LogP contribution in [0.15, 0.2) is 53.4 Å². The van der Waals surface area contributed by atoms with E-state index in [1.54, 1.807) is 36.4 Å². The number of sulfonamides is 1. The van der Waals surface area contributed by atoms with E-state index in [1.807, 2.05) is 26.0 Å². The maximum absolute atomic E-state index is 12.9. The fourth-order valence-corrected chi connectivity index (χ4v) is 4.96. The SMILES string of the molecule is CCc1ccc(C(=O)NNC(=O)[C@@H]2CCCN2S(=O)(=O)c2ccc(C)cc2)cc1. The molecule has 7 nitrogen and oxygen atoms in total. The summed E-state index contributed by atoms with van der Waals surface area (Å²) in [5.74, 6) is -0.997. The van der Waals surface area contributed by atoms with Crippen LogP contribution in [0.4, 0.5) is 0 Å². The molecule has 3 rings (SSSR count). The number of carbonyl (C=O) groups is 2. The molecule has 1 aliphatic heterocycles. The first-order chi connectivity index (χ1) is 13.8. The van der Waals surface area contributed by atoms with Gasteiger partial charge in [0.25, 0.3) is 11.8 Å². The van der Waals surface area contributed by atoms with Crippen molar-refractivity contribution < 1.29 is 18.0 Å². The molecule has 0 saturated carbocycles. The summed E-state index contributed by atoms with van der Waals surface area (Å²) in [6, 6.07) is 12.7. The number of benzene rings is 2. The molecule has 0 aliphatic carbocycles. The zero-order valence-corrected chi connectivity index (χ0v) is 17.3. The van der Waals surface area contributed by atoms with E-state index < -0.39 is 27.9 Å². The van der Waals surface area contributed by atoms with Gasteiger partial charge in [0, 0.05) is 12.1 Å². The predicted molar refractivity (Wildman–Crippen MR) is 110 cm³/mol. The Balaban J connectivity index is 1.66. The molecule has 1 atom stereocenters. The number of carbonyl (C=O) groups excluding carboxylic acids is 2. The average Bonchev–Trinajstić information content (AvgIpc) is 3.23. The number of hydrogen-bond acceptors (Lipinski definition) is 4. The molecule has 0 spiro atoms. The maximum atomic E-state index is 12.9. The monoisotopic (exact) mass is 415 g/mol. The van der Waals surface area contributed by atoms with Crippen LogP contribution in [-0.4, -0.2) is 37.1 Å². The smallest absolute Gasteiger partial charge is 0.269 e. The highest BCUT2D eigenvalue weighted by molar-refractivity contribution is 7.89. The number of nitrogens with one attached hydrogen (secondary N) is 2. The highest BCUT2D eigenvalue weighted by Gasteiger charge is 2.39. The summed E-state index contributed by atoms with van der Waals surface area (Å²) in [5, 5.41) is 0. The second-order valence-corrected chi connectivity index (χ2v) is 8.97. The van der Waals surface area contributed by atoms with Crippen molar-refractivity contribution in [1.29, 1.82) is 0 Å². The minimum Gasteiger partial charge on any atom is -0.271 e. The Morgan fingerprint density at radius 3 is 2.31 bits per heavy atom. The number of rotatable bonds is 5. The second-order valence-electron chi connectivity index (χ2n) is 7.08. The molecule has 8 heteroatoms. The molecule has 29 heavy (non-hydrogen) atoms. The van der Waals surface area contributed by atoms with E-state index in [0.717, 1.165) is 17.5 Å². The van der Waals surface area contributed by atoms with Crippen molar-refractivity contribution in [3.05, 3.63) is 65.2 Å². The van der Waals surface area contributed by atoms with Gasteiger partial charge in [-0.2, -0.15) is 4.31 Å². The number of hydrazine groups is 1. The summed E-state index contributed by atoms with van der Waals surface area (Å²) < 4.78 is 27.1. The molecular weight excluding hydrogens is 390 g/mol. The third-order valence-corrected chi connectivity index (χ3v) is 6.98. The Bertz CT molecular complexity index is 986. The van der Waals surface area contributed by atoms with Gasteiger partial charge in [-0.25, -0.2) is 8.42 Å². The lowest BCUT2D eigenvalue weighted by atomic mass is 10.1. The first-order valence-electron chi connectivity index (χ1n) is 9.60. The molecule has 1 saturated heterocycles. The van der Waals surface area contributed by atoms with Gasteiger partial charge >= 0.3 is 0 Å². The van der Waals surface area contributed by atoms with Crippen molar-refractivity contribution in [3.63, 3.8) is 0 Å². The second kappa shape index (κ2) is 8.75. The number of amides is 2. The number of aryl methyl sites for hydroxylation is 2. The Kier molecular flexibility index (Phi) is 6.34. The molecule has 0 aromatic heterocycles. The van der Waals surface area contributed by atoms with Crippen molar-refractivity contribution >= 4 is 21.8 Å². The van der Waals surface area contributed by atoms with Gasteiger partial charge in [0.2, 0.25) is 10.0 Å². The van der Waals surface area contributed by atoms with E-state index in [1.165, 1.54) is 4.31 Å². The molecule has 1 aliphatic rings. The fraction of sp³-hybridized carbons (Fsp3) is 0.333. The minimum atomic E-state index is -3.79. The van der Waals surface area contributed by atoms with Crippen molar-refractivity contribution in [3.8, 4) is 0 Å². The van der Waals surface area contributed by atoms with E-state index in [0.29, 0.717) is 18.4 Å². The van der Waals surface area contributed by atoms with Crippen LogP contribution in [-0.2, 0) is 21.2 Å². The lowest BCUT2D eigenvalue weighted by Gasteiger charge is -2.23. The average molecular weight is 416 g/mol. The number of hydrogen-bond donors (Lipinski definition) is 2. The van der Waals surface area contributed by atoms with Gasteiger partial charge in [0.1, 0.15) is 6.04 Å². The molecule has 0 bridgehead atoms. The maximum Gasteiger partial charge on any atom is 0.269 e. The van der Waals surface area contributed by atoms with E-state index in [-0.39, 0.29) is 11.4 Å². The van der Waals surface area contributed by atoms with E-state index in [2.05, 4.69) is 10.9 Å². The van der Waals surface area contributed by atoms with Crippen LogP contribution >= 0.6 is 0 Å². The van der Waals surface area contributed by atoms with Crippen LogP contribution in [0.5, 0.6) is 0 Å². The first-order valence-corrected chi connectivity index (χ1v) is 11.0. The van der Waals surface area contributed by atoms with Crippen LogP contribution < -0.4 is 10.9 Å². The highest BCUT2D eigenvalue weighted by Crippen LogP contribution is 2.26. The van der Waals surface area contributed by atoms with Gasteiger partial charge in [-0.05, 0) is 56.0 Å². The Labute approximate surface area is 171 Å². The molecule has 154 valence electrons. The lowest BCUT2D eigenvalue weighted by Crippen LogP contribution is -2.51. The Hall–Kier alpha value is -2.71. The van der Waals surface area contributed by atoms with Gasteiger partial charge in [0.05, 0.1) is 4.90 Å². The van der Waals surface area contributed by atoms with Crippen LogP contribution in [0, 0.1) is 6.92 Å². The molecule has 2 aromatic carbocycles. The Morgan fingerprint density at radius 1 is 1.03 bits per heavy atom. The quantitative estimate of drug-likeness (QED) is 0.732. The predicted octanol–water partition coefficient (Wildman–Crippen LogP) is 2.17. The molecule has 2 amide bonds. The third kappa shape index (κ3) is 4.65. The lowest BCUT2D eigenvalue weighted by molar-refractivity contribution is -0.125. The van der Waals surface area contributed by atoms with Gasteiger partial charge < -0.3 is 0 Å². The zero-order chi connectivity index (χ0) is 21.0. The summed E-state index contributed by atoms with van der Waals surface area (Å²) in [6.45, 7) is 4.16. The third-order valence-electron chi connectivity index (χ3n) is 5.06. The van der Waals surface area contributed by atoms with Crippen molar-refractivity contribution in [1.82, 2.24) is 15.2 Å². The highest BCUT2D eigenvalue weighted by atomic mass is 32.2. The zero-order valence-electron chi connectivity index (χ0n) is 16.5. The van der Waals surface area contributed by atoms with E-state index in [9.17, 15) is 18.0 Å². The molecular formula is C21H25N3O4S. The Morgan fingerprint density at radius 2 is 1.69 bits per heavy atom. The van der Waals surface area contributed by atoms with Crippen LogP contribution in [0.1, 0.15) is 41.3 Å². The summed E-state index contributed by atoms with van der Waals surface area (Å²) in [4.78, 5) is 25.0. The van der Waals surface area contributed by atoms with Gasteiger partial charge in [-0.3, -0.25) is 20.4 Å². The van der Waals surface area contributed by atoms with Crippen molar-refractivity contribution in [2.24, 2.45) is 0 Å². The van der Waals surface area contributed by atoms with Crippen LogP contribution in [0.3, 0.4) is 0 Å². The van der Waals surface area contributed by atoms with E-state index in [4.69, 9.17) is 0 Å². The molecule has 0 radical (unpaired) electrons. The largest absolute Gasteiger partial charge is 0.271 e. The van der Waals surface area contributed by atoms with Gasteiger partial charge in [0.15, 0.2) is 0 Å². The van der Waals surface area contributed by atoms with Crippen molar-refractivity contribution in [2.45, 2.75) is 44.0 Å². The molecule has 0 unspecified atom stereocenters. The summed E-state index contributed by atoms with van der Waals surface area (Å²) >= 11 is 0. The standard InChI is InChI=1S/C21H25N3O4S/c1-3-16-8-10-17(11-9-16)20(25)22-23-21(26)19-5-4-14-24(19)29(27,28)18-12-6-15(2)7-13-18/h6-13,19H,3-5,14H2,1-2H3,(H,22,25)(H,23,26)/t19-/m0/s1. The van der Waals surface area contributed by atoms with E-state index >= 15 is 0 Å². The van der Waals surface area contributed by atoms with Gasteiger partial charge in [-0.15, -0.1) is 0 Å². The topological polar surface area (TPSA) is 95.6 Å². The molecule has 2 aromatic rings. The van der Waals surface area contributed by atoms with Crippen molar-refractivity contribution in [2.75, 3.05) is 6.54 Å². The number of nitrogens with zero attached hydrogens (tertiary/aromatic N) is 1. The minimum absolute atomic E-state index is 0.155. The molecule has 2 N–H and O–H groups in total.